The number of methoxy groups -OCH3 is 3. The van der Waals surface area contributed by atoms with Crippen LogP contribution in [-0.4, -0.2) is 50.7 Å². The number of hydrogen-bond donors (Lipinski definition) is 0. The van der Waals surface area contributed by atoms with Crippen molar-refractivity contribution in [3.8, 4) is 17.2 Å². The Kier molecular flexibility index (Phi) is 7.45. The van der Waals surface area contributed by atoms with E-state index in [1.54, 1.807) is 39.9 Å². The van der Waals surface area contributed by atoms with E-state index in [0.29, 0.717) is 36.9 Å². The normalized spacial score (nSPS) is 11.1. The molecule has 174 valence electrons. The zero-order chi connectivity index (χ0) is 23.5. The number of nitrogens with zero attached hydrogens (tertiary/aromatic N) is 6. The van der Waals surface area contributed by atoms with E-state index in [1.807, 2.05) is 32.6 Å². The fourth-order valence-corrected chi connectivity index (χ4v) is 4.77. The molecular formula is C21H21Br3N6O3. The largest absolute Gasteiger partial charge is 0.496 e. The van der Waals surface area contributed by atoms with Crippen molar-refractivity contribution in [2.45, 2.75) is 19.6 Å². The molecule has 1 aromatic carbocycles. The van der Waals surface area contributed by atoms with Gasteiger partial charge in [0.2, 0.25) is 0 Å². The lowest BCUT2D eigenvalue weighted by molar-refractivity contribution is 0.349. The van der Waals surface area contributed by atoms with Gasteiger partial charge in [0.25, 0.3) is 0 Å². The van der Waals surface area contributed by atoms with Gasteiger partial charge in [-0.25, -0.2) is 0 Å². The van der Waals surface area contributed by atoms with Crippen LogP contribution >= 0.6 is 47.8 Å². The lowest BCUT2D eigenvalue weighted by Gasteiger charge is -2.24. The summed E-state index contributed by atoms with van der Waals surface area (Å²) in [6.45, 7) is 1.31. The average Bonchev–Trinajstić information content (AvgIpc) is 3.50. The van der Waals surface area contributed by atoms with Gasteiger partial charge in [-0.3, -0.25) is 14.0 Å². The van der Waals surface area contributed by atoms with Crippen molar-refractivity contribution in [1.29, 1.82) is 0 Å². The van der Waals surface area contributed by atoms with Crippen molar-refractivity contribution < 1.29 is 14.2 Å². The van der Waals surface area contributed by atoms with Crippen molar-refractivity contribution in [2.24, 2.45) is 0 Å². The Morgan fingerprint density at radius 2 is 0.848 bits per heavy atom. The minimum absolute atomic E-state index is 0.438. The predicted molar refractivity (Wildman–Crippen MR) is 133 cm³/mol. The van der Waals surface area contributed by atoms with Gasteiger partial charge in [-0.15, -0.1) is 0 Å². The molecule has 0 bridgehead atoms. The molecule has 0 fully saturated rings. The maximum absolute atomic E-state index is 5.93. The molecule has 0 atom stereocenters. The van der Waals surface area contributed by atoms with Crippen LogP contribution in [0.1, 0.15) is 16.7 Å². The minimum Gasteiger partial charge on any atom is -0.496 e. The second kappa shape index (κ2) is 10.3. The summed E-state index contributed by atoms with van der Waals surface area (Å²) < 4.78 is 25.9. The molecule has 4 rings (SSSR count). The fraction of sp³-hybridized carbons (Fsp3) is 0.286. The first-order valence-corrected chi connectivity index (χ1v) is 12.2. The Morgan fingerprint density at radius 3 is 1.03 bits per heavy atom. The van der Waals surface area contributed by atoms with Crippen molar-refractivity contribution >= 4 is 47.8 Å². The summed E-state index contributed by atoms with van der Waals surface area (Å²) in [4.78, 5) is 0. The highest BCUT2D eigenvalue weighted by molar-refractivity contribution is 9.11. The summed E-state index contributed by atoms with van der Waals surface area (Å²) in [6.07, 6.45) is 10.9. The molecule has 33 heavy (non-hydrogen) atoms. The maximum atomic E-state index is 5.93. The number of ether oxygens (including phenoxy) is 3. The van der Waals surface area contributed by atoms with E-state index in [9.17, 15) is 0 Å². The van der Waals surface area contributed by atoms with E-state index in [4.69, 9.17) is 14.2 Å². The molecule has 0 aliphatic rings. The highest BCUT2D eigenvalue weighted by atomic mass is 79.9. The molecule has 12 heteroatoms. The van der Waals surface area contributed by atoms with Crippen LogP contribution in [0.3, 0.4) is 0 Å². The average molecular weight is 645 g/mol. The van der Waals surface area contributed by atoms with E-state index < -0.39 is 0 Å². The topological polar surface area (TPSA) is 81.1 Å². The van der Waals surface area contributed by atoms with Crippen LogP contribution in [0.15, 0.2) is 50.6 Å². The lowest BCUT2D eigenvalue weighted by atomic mass is 9.99. The second-order valence-electron chi connectivity index (χ2n) is 7.10. The molecule has 0 unspecified atom stereocenters. The van der Waals surface area contributed by atoms with Crippen LogP contribution in [0.5, 0.6) is 17.2 Å². The molecule has 0 saturated heterocycles. The third-order valence-electron chi connectivity index (χ3n) is 5.02. The number of aromatic nitrogens is 6. The second-order valence-corrected chi connectivity index (χ2v) is 9.85. The van der Waals surface area contributed by atoms with E-state index in [0.717, 1.165) is 30.1 Å². The smallest absolute Gasteiger partial charge is 0.136 e. The van der Waals surface area contributed by atoms with Crippen molar-refractivity contribution in [3.05, 3.63) is 67.3 Å². The molecule has 0 saturated carbocycles. The van der Waals surface area contributed by atoms with Gasteiger partial charge in [0.1, 0.15) is 17.2 Å². The molecule has 0 aliphatic carbocycles. The Bertz CT molecular complexity index is 1090. The first kappa shape index (κ1) is 23.8. The summed E-state index contributed by atoms with van der Waals surface area (Å²) in [5.74, 6) is 1.98. The van der Waals surface area contributed by atoms with Gasteiger partial charge >= 0.3 is 0 Å². The van der Waals surface area contributed by atoms with Crippen molar-refractivity contribution in [3.63, 3.8) is 0 Å². The summed E-state index contributed by atoms with van der Waals surface area (Å²) >= 11 is 10.4. The van der Waals surface area contributed by atoms with Crippen LogP contribution in [0.2, 0.25) is 0 Å². The molecule has 0 aliphatic heterocycles. The van der Waals surface area contributed by atoms with Crippen LogP contribution in [0, 0.1) is 0 Å². The third kappa shape index (κ3) is 5.12. The highest BCUT2D eigenvalue weighted by Gasteiger charge is 2.27. The SMILES string of the molecule is COc1c(Cn2cc(Br)cn2)c(OC)c(Cn2cc(Br)cn2)c(OC)c1Cn1cc(Br)cn1. The quantitative estimate of drug-likeness (QED) is 0.262. The van der Waals surface area contributed by atoms with Crippen LogP contribution in [0.4, 0.5) is 0 Å². The zero-order valence-corrected chi connectivity index (χ0v) is 22.9. The minimum atomic E-state index is 0.438. The van der Waals surface area contributed by atoms with E-state index >= 15 is 0 Å². The molecular weight excluding hydrogens is 624 g/mol. The van der Waals surface area contributed by atoms with Gasteiger partial charge < -0.3 is 14.2 Å². The van der Waals surface area contributed by atoms with Gasteiger partial charge in [-0.2, -0.15) is 15.3 Å². The van der Waals surface area contributed by atoms with Crippen molar-refractivity contribution in [1.82, 2.24) is 29.3 Å². The Hall–Kier alpha value is -2.31. The number of halogens is 3. The molecule has 9 nitrogen and oxygen atoms in total. The van der Waals surface area contributed by atoms with Crippen LogP contribution in [-0.2, 0) is 19.6 Å². The summed E-state index contributed by atoms with van der Waals surface area (Å²) in [5.41, 5.74) is 2.54. The first-order chi connectivity index (χ1) is 15.9. The summed E-state index contributed by atoms with van der Waals surface area (Å²) in [5, 5.41) is 13.3. The molecule has 0 amide bonds. The van der Waals surface area contributed by atoms with Gasteiger partial charge in [0.15, 0.2) is 0 Å². The molecule has 3 heterocycles. The predicted octanol–water partition coefficient (Wildman–Crippen LogP) is 4.73. The Morgan fingerprint density at radius 1 is 0.576 bits per heavy atom. The lowest BCUT2D eigenvalue weighted by Crippen LogP contribution is -2.14. The van der Waals surface area contributed by atoms with Gasteiger partial charge in [-0.05, 0) is 47.8 Å². The number of benzene rings is 1. The van der Waals surface area contributed by atoms with Crippen LogP contribution < -0.4 is 14.2 Å². The van der Waals surface area contributed by atoms with Gasteiger partial charge in [0.05, 0.1) is 89.7 Å². The molecule has 0 spiro atoms. The molecule has 3 aromatic heterocycles. The zero-order valence-electron chi connectivity index (χ0n) is 18.1. The fourth-order valence-electron chi connectivity index (χ4n) is 3.79. The maximum Gasteiger partial charge on any atom is 0.136 e. The molecule has 0 N–H and O–H groups in total. The first-order valence-electron chi connectivity index (χ1n) is 9.79. The molecule has 0 radical (unpaired) electrons. The van der Waals surface area contributed by atoms with Gasteiger partial charge in [0, 0.05) is 18.6 Å². The number of rotatable bonds is 9. The van der Waals surface area contributed by atoms with Gasteiger partial charge in [-0.1, -0.05) is 0 Å². The number of hydrogen-bond acceptors (Lipinski definition) is 6. The highest BCUT2D eigenvalue weighted by Crippen LogP contribution is 2.45. The van der Waals surface area contributed by atoms with Crippen molar-refractivity contribution in [2.75, 3.05) is 21.3 Å². The van der Waals surface area contributed by atoms with E-state index in [2.05, 4.69) is 63.1 Å². The Labute approximate surface area is 216 Å². The molecule has 4 aromatic rings. The summed E-state index contributed by atoms with van der Waals surface area (Å²) in [6, 6.07) is 0. The van der Waals surface area contributed by atoms with E-state index in [1.165, 1.54) is 0 Å². The Balaban J connectivity index is 1.94. The van der Waals surface area contributed by atoms with Crippen LogP contribution in [0.25, 0.3) is 0 Å². The monoisotopic (exact) mass is 642 g/mol. The third-order valence-corrected chi connectivity index (χ3v) is 6.25. The standard InChI is InChI=1S/C21H21Br3N6O3/c1-31-19-16(10-28-7-13(22)4-25-28)20(32-2)18(12-30-9-15(24)6-27-30)21(33-3)17(19)11-29-8-14(23)5-26-29/h4-9H,10-12H2,1-3H3. The summed E-state index contributed by atoms with van der Waals surface area (Å²) in [7, 11) is 4.93. The van der Waals surface area contributed by atoms with E-state index in [-0.39, 0.29) is 0 Å².